The van der Waals surface area contributed by atoms with Crippen molar-refractivity contribution < 1.29 is 13.2 Å². The van der Waals surface area contributed by atoms with Crippen molar-refractivity contribution in [2.45, 2.75) is 18.9 Å². The first kappa shape index (κ1) is 13.2. The van der Waals surface area contributed by atoms with E-state index < -0.39 is 15.7 Å². The molecule has 0 radical (unpaired) electrons. The molecule has 1 N–H and O–H groups in total. The molecule has 0 aliphatic carbocycles. The summed E-state index contributed by atoms with van der Waals surface area (Å²) in [6.07, 6.45) is 3.76. The standard InChI is InChI=1S/C10H12ClN3O3S/c11-9-5-12-8(4-13-9)10(15)14-7-2-1-3-18(16,17)6-7/h4-5,7H,1-3,6H2,(H,14,15). The van der Waals surface area contributed by atoms with Crippen LogP contribution in [-0.4, -0.2) is 41.8 Å². The lowest BCUT2D eigenvalue weighted by Gasteiger charge is -2.22. The van der Waals surface area contributed by atoms with E-state index in [1.807, 2.05) is 0 Å². The molecule has 0 saturated carbocycles. The molecule has 1 unspecified atom stereocenters. The number of nitrogens with one attached hydrogen (secondary N) is 1. The fourth-order valence-electron chi connectivity index (χ4n) is 1.83. The van der Waals surface area contributed by atoms with Crippen LogP contribution < -0.4 is 5.32 Å². The molecule has 1 saturated heterocycles. The highest BCUT2D eigenvalue weighted by Gasteiger charge is 2.26. The summed E-state index contributed by atoms with van der Waals surface area (Å²) in [4.78, 5) is 19.4. The van der Waals surface area contributed by atoms with E-state index in [0.717, 1.165) is 0 Å². The number of hydrogen-bond donors (Lipinski definition) is 1. The Morgan fingerprint density at radius 1 is 1.39 bits per heavy atom. The Hall–Kier alpha value is -1.21. The summed E-state index contributed by atoms with van der Waals surface area (Å²) in [5, 5.41) is 2.85. The predicted molar refractivity (Wildman–Crippen MR) is 66.2 cm³/mol. The Kier molecular flexibility index (Phi) is 3.82. The third-order valence-electron chi connectivity index (χ3n) is 2.65. The summed E-state index contributed by atoms with van der Waals surface area (Å²) in [6.45, 7) is 0. The molecule has 0 bridgehead atoms. The van der Waals surface area contributed by atoms with Gasteiger partial charge in [0.25, 0.3) is 5.91 Å². The van der Waals surface area contributed by atoms with Crippen LogP contribution in [0.4, 0.5) is 0 Å². The maximum Gasteiger partial charge on any atom is 0.271 e. The van der Waals surface area contributed by atoms with E-state index in [0.29, 0.717) is 12.8 Å². The number of aromatic nitrogens is 2. The minimum Gasteiger partial charge on any atom is -0.347 e. The fraction of sp³-hybridized carbons (Fsp3) is 0.500. The number of hydrogen-bond acceptors (Lipinski definition) is 5. The maximum absolute atomic E-state index is 11.8. The molecule has 1 atom stereocenters. The van der Waals surface area contributed by atoms with Gasteiger partial charge in [0.15, 0.2) is 9.84 Å². The van der Waals surface area contributed by atoms with Gasteiger partial charge in [-0.2, -0.15) is 0 Å². The lowest BCUT2D eigenvalue weighted by atomic mass is 10.2. The van der Waals surface area contributed by atoms with Crippen molar-refractivity contribution in [2.24, 2.45) is 0 Å². The molecule has 8 heteroatoms. The lowest BCUT2D eigenvalue weighted by molar-refractivity contribution is 0.0933. The zero-order chi connectivity index (χ0) is 13.2. The van der Waals surface area contributed by atoms with Gasteiger partial charge in [-0.1, -0.05) is 11.6 Å². The smallest absolute Gasteiger partial charge is 0.271 e. The molecule has 2 rings (SSSR count). The van der Waals surface area contributed by atoms with Crippen molar-refractivity contribution in [1.29, 1.82) is 0 Å². The Bertz CT molecular complexity index is 544. The second kappa shape index (κ2) is 5.19. The minimum atomic E-state index is -3.04. The van der Waals surface area contributed by atoms with Gasteiger partial charge in [-0.15, -0.1) is 0 Å². The van der Waals surface area contributed by atoms with Crippen molar-refractivity contribution in [1.82, 2.24) is 15.3 Å². The number of sulfone groups is 1. The predicted octanol–water partition coefficient (Wildman–Crippen LogP) is 0.437. The number of nitrogens with zero attached hydrogens (tertiary/aromatic N) is 2. The van der Waals surface area contributed by atoms with Crippen molar-refractivity contribution in [2.75, 3.05) is 11.5 Å². The molecule has 98 valence electrons. The number of amides is 1. The second-order valence-electron chi connectivity index (χ2n) is 4.15. The van der Waals surface area contributed by atoms with Crippen LogP contribution in [0.3, 0.4) is 0 Å². The van der Waals surface area contributed by atoms with Gasteiger partial charge in [0.2, 0.25) is 0 Å². The van der Waals surface area contributed by atoms with Crippen LogP contribution in [0.25, 0.3) is 0 Å². The summed E-state index contributed by atoms with van der Waals surface area (Å²) in [5.41, 5.74) is 0.127. The molecule has 0 aromatic carbocycles. The number of rotatable bonds is 2. The fourth-order valence-corrected chi connectivity index (χ4v) is 3.56. The van der Waals surface area contributed by atoms with E-state index >= 15 is 0 Å². The molecule has 2 heterocycles. The van der Waals surface area contributed by atoms with Crippen molar-refractivity contribution >= 4 is 27.3 Å². The van der Waals surface area contributed by atoms with Crippen molar-refractivity contribution in [3.63, 3.8) is 0 Å². The van der Waals surface area contributed by atoms with Gasteiger partial charge in [0.05, 0.1) is 23.9 Å². The third kappa shape index (κ3) is 3.39. The van der Waals surface area contributed by atoms with E-state index in [1.54, 1.807) is 0 Å². The highest BCUT2D eigenvalue weighted by atomic mass is 35.5. The van der Waals surface area contributed by atoms with Crippen LogP contribution in [-0.2, 0) is 9.84 Å². The molecular weight excluding hydrogens is 278 g/mol. The summed E-state index contributed by atoms with van der Waals surface area (Å²) < 4.78 is 22.9. The Labute approximate surface area is 110 Å². The number of carbonyl (C=O) groups excluding carboxylic acids is 1. The first-order valence-corrected chi connectivity index (χ1v) is 7.65. The largest absolute Gasteiger partial charge is 0.347 e. The van der Waals surface area contributed by atoms with Crippen LogP contribution >= 0.6 is 11.6 Å². The summed E-state index contributed by atoms with van der Waals surface area (Å²) in [7, 11) is -3.04. The van der Waals surface area contributed by atoms with Crippen LogP contribution in [0.15, 0.2) is 12.4 Å². The van der Waals surface area contributed by atoms with Gasteiger partial charge in [-0.05, 0) is 12.8 Å². The molecule has 1 aliphatic heterocycles. The van der Waals surface area contributed by atoms with Crippen LogP contribution in [0.2, 0.25) is 5.15 Å². The van der Waals surface area contributed by atoms with Crippen molar-refractivity contribution in [3.8, 4) is 0 Å². The molecule has 6 nitrogen and oxygen atoms in total. The van der Waals surface area contributed by atoms with Gasteiger partial charge in [0, 0.05) is 6.04 Å². The SMILES string of the molecule is O=C(NC1CCCS(=O)(=O)C1)c1cnc(Cl)cn1. The minimum absolute atomic E-state index is 0.0141. The van der Waals surface area contributed by atoms with Crippen LogP contribution in [0.1, 0.15) is 23.3 Å². The summed E-state index contributed by atoms with van der Waals surface area (Å²) in [5.74, 6) is -0.249. The monoisotopic (exact) mass is 289 g/mol. The average Bonchev–Trinajstić information content (AvgIpc) is 2.28. The van der Waals surface area contributed by atoms with Crippen LogP contribution in [0.5, 0.6) is 0 Å². The molecule has 1 amide bonds. The molecule has 1 aliphatic rings. The first-order valence-electron chi connectivity index (χ1n) is 5.45. The maximum atomic E-state index is 11.8. The van der Waals surface area contributed by atoms with Crippen LogP contribution in [0, 0.1) is 0 Å². The molecule has 1 aromatic rings. The van der Waals surface area contributed by atoms with E-state index in [2.05, 4.69) is 15.3 Å². The Morgan fingerprint density at radius 2 is 2.17 bits per heavy atom. The zero-order valence-electron chi connectivity index (χ0n) is 9.47. The lowest BCUT2D eigenvalue weighted by Crippen LogP contribution is -2.43. The Balaban J connectivity index is 2.01. The average molecular weight is 290 g/mol. The van der Waals surface area contributed by atoms with Gasteiger partial charge >= 0.3 is 0 Å². The molecule has 18 heavy (non-hydrogen) atoms. The van der Waals surface area contributed by atoms with Crippen molar-refractivity contribution in [3.05, 3.63) is 23.2 Å². The summed E-state index contributed by atoms with van der Waals surface area (Å²) in [6, 6.07) is -0.353. The van der Waals surface area contributed by atoms with E-state index in [4.69, 9.17) is 11.6 Å². The normalized spacial score (nSPS) is 22.4. The first-order chi connectivity index (χ1) is 8.46. The molecular formula is C10H12ClN3O3S. The highest BCUT2D eigenvalue weighted by molar-refractivity contribution is 7.91. The highest BCUT2D eigenvalue weighted by Crippen LogP contribution is 2.12. The molecule has 0 spiro atoms. The van der Waals surface area contributed by atoms with Gasteiger partial charge in [-0.3, -0.25) is 4.79 Å². The molecule has 1 aromatic heterocycles. The van der Waals surface area contributed by atoms with E-state index in [-0.39, 0.29) is 28.4 Å². The number of carbonyl (C=O) groups is 1. The summed E-state index contributed by atoms with van der Waals surface area (Å²) >= 11 is 5.56. The van der Waals surface area contributed by atoms with Gasteiger partial charge < -0.3 is 5.32 Å². The van der Waals surface area contributed by atoms with E-state index in [1.165, 1.54) is 12.4 Å². The topological polar surface area (TPSA) is 89.0 Å². The van der Waals surface area contributed by atoms with Gasteiger partial charge in [-0.25, -0.2) is 18.4 Å². The zero-order valence-corrected chi connectivity index (χ0v) is 11.0. The molecule has 1 fully saturated rings. The van der Waals surface area contributed by atoms with Gasteiger partial charge in [0.1, 0.15) is 10.8 Å². The van der Waals surface area contributed by atoms with E-state index in [9.17, 15) is 13.2 Å². The Morgan fingerprint density at radius 3 is 2.78 bits per heavy atom. The second-order valence-corrected chi connectivity index (χ2v) is 6.77. The quantitative estimate of drug-likeness (QED) is 0.853. The number of halogens is 1. The third-order valence-corrected chi connectivity index (χ3v) is 4.67.